The molecule has 2 heterocycles. The average molecular weight is 406 g/mol. The summed E-state index contributed by atoms with van der Waals surface area (Å²) in [4.78, 5) is 42.2. The lowest BCUT2D eigenvalue weighted by atomic mass is 10.0. The number of benzene rings is 2. The van der Waals surface area contributed by atoms with Crippen molar-refractivity contribution in [2.75, 3.05) is 13.1 Å². The van der Waals surface area contributed by atoms with Crippen molar-refractivity contribution < 1.29 is 4.79 Å². The van der Waals surface area contributed by atoms with Crippen molar-refractivity contribution in [1.29, 1.82) is 0 Å². The molecule has 4 rings (SSSR count). The summed E-state index contributed by atoms with van der Waals surface area (Å²) in [7, 11) is 0. The number of aromatic amines is 1. The SMILES string of the molecule is O=C(CCn1c(=O)[nH]c2ccccc2c1=O)NC1CCN(Cc2ccccc2)CC1. The van der Waals surface area contributed by atoms with Crippen molar-refractivity contribution in [2.45, 2.75) is 38.4 Å². The van der Waals surface area contributed by atoms with Gasteiger partial charge in [0, 0.05) is 38.6 Å². The van der Waals surface area contributed by atoms with E-state index in [2.05, 4.69) is 27.3 Å². The second kappa shape index (κ2) is 9.09. The second-order valence-corrected chi connectivity index (χ2v) is 7.79. The highest BCUT2D eigenvalue weighted by Crippen LogP contribution is 2.14. The lowest BCUT2D eigenvalue weighted by Crippen LogP contribution is -2.45. The minimum atomic E-state index is -0.485. The fourth-order valence-corrected chi connectivity index (χ4v) is 3.99. The van der Waals surface area contributed by atoms with Crippen LogP contribution in [0.2, 0.25) is 0 Å². The van der Waals surface area contributed by atoms with E-state index in [1.165, 1.54) is 5.56 Å². The van der Waals surface area contributed by atoms with Gasteiger partial charge in [0.2, 0.25) is 5.91 Å². The van der Waals surface area contributed by atoms with E-state index in [4.69, 9.17) is 0 Å². The molecule has 0 atom stereocenters. The van der Waals surface area contributed by atoms with Crippen LogP contribution in [-0.4, -0.2) is 39.5 Å². The van der Waals surface area contributed by atoms with E-state index in [0.29, 0.717) is 10.9 Å². The predicted octanol–water partition coefficient (Wildman–Crippen LogP) is 1.86. The number of rotatable bonds is 6. The van der Waals surface area contributed by atoms with Crippen LogP contribution in [0.25, 0.3) is 10.9 Å². The van der Waals surface area contributed by atoms with Crippen LogP contribution in [-0.2, 0) is 17.9 Å². The lowest BCUT2D eigenvalue weighted by Gasteiger charge is -2.32. The topological polar surface area (TPSA) is 87.2 Å². The average Bonchev–Trinajstić information content (AvgIpc) is 2.76. The van der Waals surface area contributed by atoms with E-state index in [-0.39, 0.29) is 30.5 Å². The number of likely N-dealkylation sites (tertiary alicyclic amines) is 1. The Morgan fingerprint density at radius 2 is 1.70 bits per heavy atom. The van der Waals surface area contributed by atoms with Crippen molar-refractivity contribution in [3.8, 4) is 0 Å². The molecule has 0 spiro atoms. The van der Waals surface area contributed by atoms with Gasteiger partial charge in [-0.2, -0.15) is 0 Å². The summed E-state index contributed by atoms with van der Waals surface area (Å²) in [5.74, 6) is -0.129. The largest absolute Gasteiger partial charge is 0.353 e. The molecular weight excluding hydrogens is 380 g/mol. The molecule has 156 valence electrons. The van der Waals surface area contributed by atoms with Gasteiger partial charge in [-0.3, -0.25) is 19.1 Å². The Morgan fingerprint density at radius 3 is 2.47 bits per heavy atom. The van der Waals surface area contributed by atoms with Gasteiger partial charge in [-0.1, -0.05) is 42.5 Å². The van der Waals surface area contributed by atoms with Gasteiger partial charge in [0.1, 0.15) is 0 Å². The number of carbonyl (C=O) groups excluding carboxylic acids is 1. The summed E-state index contributed by atoms with van der Waals surface area (Å²) in [5, 5.41) is 3.50. The first-order valence-electron chi connectivity index (χ1n) is 10.4. The quantitative estimate of drug-likeness (QED) is 0.654. The van der Waals surface area contributed by atoms with E-state index < -0.39 is 5.69 Å². The van der Waals surface area contributed by atoms with Gasteiger partial charge in [-0.15, -0.1) is 0 Å². The van der Waals surface area contributed by atoms with Gasteiger partial charge in [0.25, 0.3) is 5.56 Å². The van der Waals surface area contributed by atoms with Gasteiger partial charge in [-0.25, -0.2) is 4.79 Å². The first kappa shape index (κ1) is 20.1. The maximum absolute atomic E-state index is 12.5. The fourth-order valence-electron chi connectivity index (χ4n) is 3.99. The monoisotopic (exact) mass is 406 g/mol. The zero-order valence-electron chi connectivity index (χ0n) is 16.8. The molecule has 1 saturated heterocycles. The van der Waals surface area contributed by atoms with E-state index in [0.717, 1.165) is 37.0 Å². The van der Waals surface area contributed by atoms with Crippen molar-refractivity contribution in [3.63, 3.8) is 0 Å². The molecule has 0 aliphatic carbocycles. The number of nitrogens with zero attached hydrogens (tertiary/aromatic N) is 2. The number of para-hydroxylation sites is 1. The van der Waals surface area contributed by atoms with E-state index in [9.17, 15) is 14.4 Å². The van der Waals surface area contributed by atoms with Gasteiger partial charge in [0.05, 0.1) is 10.9 Å². The number of aromatic nitrogens is 2. The molecule has 2 aromatic carbocycles. The summed E-state index contributed by atoms with van der Waals surface area (Å²) in [6.07, 6.45) is 1.90. The molecule has 0 radical (unpaired) electrons. The molecule has 0 unspecified atom stereocenters. The first-order chi connectivity index (χ1) is 14.6. The normalized spacial score (nSPS) is 15.3. The zero-order chi connectivity index (χ0) is 20.9. The van der Waals surface area contributed by atoms with Gasteiger partial charge >= 0.3 is 5.69 Å². The minimum absolute atomic E-state index is 0.0671. The van der Waals surface area contributed by atoms with E-state index in [1.807, 2.05) is 18.2 Å². The maximum Gasteiger partial charge on any atom is 0.328 e. The minimum Gasteiger partial charge on any atom is -0.353 e. The second-order valence-electron chi connectivity index (χ2n) is 7.79. The number of carbonyl (C=O) groups is 1. The third-order valence-corrected chi connectivity index (χ3v) is 5.65. The van der Waals surface area contributed by atoms with E-state index in [1.54, 1.807) is 24.3 Å². The Bertz CT molecular complexity index is 1130. The van der Waals surface area contributed by atoms with Crippen molar-refractivity contribution in [2.24, 2.45) is 0 Å². The third kappa shape index (κ3) is 4.68. The van der Waals surface area contributed by atoms with Gasteiger partial charge in [0.15, 0.2) is 0 Å². The number of amides is 1. The predicted molar refractivity (Wildman–Crippen MR) is 116 cm³/mol. The van der Waals surface area contributed by atoms with Crippen LogP contribution in [0.15, 0.2) is 64.2 Å². The summed E-state index contributed by atoms with van der Waals surface area (Å²) >= 11 is 0. The smallest absolute Gasteiger partial charge is 0.328 e. The number of H-pyrrole nitrogens is 1. The molecule has 1 amide bonds. The van der Waals surface area contributed by atoms with Crippen LogP contribution in [0.4, 0.5) is 0 Å². The molecule has 0 saturated carbocycles. The zero-order valence-corrected chi connectivity index (χ0v) is 16.8. The molecule has 1 aliphatic rings. The van der Waals surface area contributed by atoms with Crippen LogP contribution >= 0.6 is 0 Å². The standard InChI is InChI=1S/C23H26N4O3/c28-21(12-15-27-22(29)19-8-4-5-9-20(19)25-23(27)30)24-18-10-13-26(14-11-18)16-17-6-2-1-3-7-17/h1-9,18H,10-16H2,(H,24,28)(H,25,30). The highest BCUT2D eigenvalue weighted by Gasteiger charge is 2.21. The van der Waals surface area contributed by atoms with Crippen molar-refractivity contribution >= 4 is 16.8 Å². The summed E-state index contributed by atoms with van der Waals surface area (Å²) in [5.41, 5.74) is 0.957. The van der Waals surface area contributed by atoms with Crippen LogP contribution in [0, 0.1) is 0 Å². The Balaban J connectivity index is 1.28. The molecular formula is C23H26N4O3. The van der Waals surface area contributed by atoms with Crippen LogP contribution in [0.5, 0.6) is 0 Å². The number of piperidine rings is 1. The van der Waals surface area contributed by atoms with Crippen LogP contribution in [0.3, 0.4) is 0 Å². The number of nitrogens with one attached hydrogen (secondary N) is 2. The molecule has 3 aromatic rings. The molecule has 0 bridgehead atoms. The first-order valence-corrected chi connectivity index (χ1v) is 10.4. The number of hydrogen-bond donors (Lipinski definition) is 2. The number of hydrogen-bond acceptors (Lipinski definition) is 4. The summed E-state index contributed by atoms with van der Waals surface area (Å²) in [6, 6.07) is 17.4. The van der Waals surface area contributed by atoms with Gasteiger partial charge < -0.3 is 10.3 Å². The maximum atomic E-state index is 12.5. The fraction of sp³-hybridized carbons (Fsp3) is 0.348. The number of fused-ring (bicyclic) bond motifs is 1. The summed E-state index contributed by atoms with van der Waals surface area (Å²) in [6.45, 7) is 2.86. The Hall–Kier alpha value is -3.19. The molecule has 1 aromatic heterocycles. The Kier molecular flexibility index (Phi) is 6.09. The Morgan fingerprint density at radius 1 is 1.00 bits per heavy atom. The summed E-state index contributed by atoms with van der Waals surface area (Å²) < 4.78 is 1.10. The van der Waals surface area contributed by atoms with E-state index >= 15 is 0 Å². The molecule has 1 fully saturated rings. The highest BCUT2D eigenvalue weighted by atomic mass is 16.2. The molecule has 30 heavy (non-hydrogen) atoms. The molecule has 2 N–H and O–H groups in total. The molecule has 7 nitrogen and oxygen atoms in total. The van der Waals surface area contributed by atoms with Crippen molar-refractivity contribution in [3.05, 3.63) is 81.0 Å². The molecule has 7 heteroatoms. The lowest BCUT2D eigenvalue weighted by molar-refractivity contribution is -0.122. The van der Waals surface area contributed by atoms with Gasteiger partial charge in [-0.05, 0) is 30.5 Å². The van der Waals surface area contributed by atoms with Crippen LogP contribution < -0.4 is 16.6 Å². The van der Waals surface area contributed by atoms with Crippen LogP contribution in [0.1, 0.15) is 24.8 Å². The third-order valence-electron chi connectivity index (χ3n) is 5.65. The van der Waals surface area contributed by atoms with Crippen molar-refractivity contribution in [1.82, 2.24) is 19.8 Å². The Labute approximate surface area is 174 Å². The molecule has 1 aliphatic heterocycles. The highest BCUT2D eigenvalue weighted by molar-refractivity contribution is 5.77.